The first-order valence-corrected chi connectivity index (χ1v) is 9.13. The van der Waals surface area contributed by atoms with Gasteiger partial charge < -0.3 is 10.1 Å². The van der Waals surface area contributed by atoms with E-state index >= 15 is 0 Å². The van der Waals surface area contributed by atoms with Crippen LogP contribution < -0.4 is 9.63 Å². The van der Waals surface area contributed by atoms with Crippen LogP contribution in [0.15, 0.2) is 53.7 Å². The fourth-order valence-corrected chi connectivity index (χ4v) is 4.21. The Labute approximate surface area is 147 Å². The summed E-state index contributed by atoms with van der Waals surface area (Å²) in [7, 11) is 0. The Morgan fingerprint density at radius 1 is 1.25 bits per heavy atom. The predicted octanol–water partition coefficient (Wildman–Crippen LogP) is 3.41. The zero-order valence-electron chi connectivity index (χ0n) is 14.2. The molecule has 24 heavy (non-hydrogen) atoms. The summed E-state index contributed by atoms with van der Waals surface area (Å²) >= 11 is 1.35. The number of amides is 1. The molecular formula is C19H22N2O2S. The van der Waals surface area contributed by atoms with Crippen LogP contribution in [0, 0.1) is 11.1 Å². The largest absolute Gasteiger partial charge is 0.618 e. The molecule has 2 heterocycles. The molecule has 2 aromatic rings. The van der Waals surface area contributed by atoms with E-state index in [0.29, 0.717) is 5.03 Å². The van der Waals surface area contributed by atoms with Gasteiger partial charge >= 0.3 is 0 Å². The summed E-state index contributed by atoms with van der Waals surface area (Å²) in [6.07, 6.45) is 2.35. The molecule has 0 saturated heterocycles. The standard InChI is InChI=1S/C19H22N2O2S/c1-13(2)18(24-17-10-6-7-11-20(17)23)19(22)21-14(3)12-15-8-4-5-9-16(15)21/h4-11,13-14,18H,12H2,1-3H3/t14-,18+/m1/s1. The molecule has 1 aliphatic heterocycles. The lowest BCUT2D eigenvalue weighted by molar-refractivity contribution is -0.645. The Bertz CT molecular complexity index is 748. The molecule has 126 valence electrons. The minimum absolute atomic E-state index is 0.0799. The van der Waals surface area contributed by atoms with Gasteiger partial charge in [-0.2, -0.15) is 4.73 Å². The van der Waals surface area contributed by atoms with Gasteiger partial charge in [0.2, 0.25) is 5.91 Å². The topological polar surface area (TPSA) is 47.2 Å². The van der Waals surface area contributed by atoms with Crippen molar-refractivity contribution in [2.45, 2.75) is 43.5 Å². The van der Waals surface area contributed by atoms with Gasteiger partial charge in [0, 0.05) is 23.9 Å². The summed E-state index contributed by atoms with van der Waals surface area (Å²) < 4.78 is 0.828. The minimum Gasteiger partial charge on any atom is -0.618 e. The second-order valence-corrected chi connectivity index (χ2v) is 7.70. The maximum Gasteiger partial charge on any atom is 0.252 e. The van der Waals surface area contributed by atoms with Gasteiger partial charge in [0.1, 0.15) is 0 Å². The number of aromatic nitrogens is 1. The number of thioether (sulfide) groups is 1. The van der Waals surface area contributed by atoms with Crippen LogP contribution >= 0.6 is 11.8 Å². The molecule has 1 amide bonds. The first-order chi connectivity index (χ1) is 11.5. The van der Waals surface area contributed by atoms with E-state index in [-0.39, 0.29) is 23.1 Å². The van der Waals surface area contributed by atoms with Gasteiger partial charge in [-0.3, -0.25) is 4.79 Å². The lowest BCUT2D eigenvalue weighted by Gasteiger charge is -2.28. The second-order valence-electron chi connectivity index (χ2n) is 6.54. The zero-order chi connectivity index (χ0) is 17.3. The molecule has 0 aliphatic carbocycles. The van der Waals surface area contributed by atoms with Crippen LogP contribution in [0.5, 0.6) is 0 Å². The molecule has 0 unspecified atom stereocenters. The summed E-state index contributed by atoms with van der Waals surface area (Å²) in [5, 5.41) is 12.2. The molecule has 1 aromatic carbocycles. The van der Waals surface area contributed by atoms with E-state index in [0.717, 1.165) is 16.8 Å². The third kappa shape index (κ3) is 3.13. The van der Waals surface area contributed by atoms with Crippen LogP contribution in [0.1, 0.15) is 26.3 Å². The third-order valence-electron chi connectivity index (χ3n) is 4.33. The monoisotopic (exact) mass is 342 g/mol. The molecular weight excluding hydrogens is 320 g/mol. The Hall–Kier alpha value is -2.01. The average Bonchev–Trinajstić information content (AvgIpc) is 2.89. The Kier molecular flexibility index (Phi) is 4.81. The summed E-state index contributed by atoms with van der Waals surface area (Å²) in [5.74, 6) is 0.207. The van der Waals surface area contributed by atoms with Gasteiger partial charge in [-0.05, 0) is 48.7 Å². The van der Waals surface area contributed by atoms with Gasteiger partial charge in [-0.1, -0.05) is 32.0 Å². The van der Waals surface area contributed by atoms with E-state index in [1.54, 1.807) is 12.1 Å². The Morgan fingerprint density at radius 2 is 1.96 bits per heavy atom. The fourth-order valence-electron chi connectivity index (χ4n) is 3.14. The molecule has 3 rings (SSSR count). The first-order valence-electron chi connectivity index (χ1n) is 8.25. The molecule has 0 saturated carbocycles. The number of anilines is 1. The maximum atomic E-state index is 13.3. The van der Waals surface area contributed by atoms with Crippen molar-refractivity contribution in [1.29, 1.82) is 0 Å². The molecule has 1 aromatic heterocycles. The molecule has 4 nitrogen and oxygen atoms in total. The quantitative estimate of drug-likeness (QED) is 0.486. The van der Waals surface area contributed by atoms with E-state index < -0.39 is 0 Å². The lowest BCUT2D eigenvalue weighted by atomic mass is 10.1. The molecule has 0 bridgehead atoms. The van der Waals surface area contributed by atoms with Crippen molar-refractivity contribution in [3.05, 3.63) is 59.4 Å². The van der Waals surface area contributed by atoms with E-state index in [1.807, 2.05) is 43.0 Å². The lowest BCUT2D eigenvalue weighted by Crippen LogP contribution is -2.44. The SMILES string of the molecule is CC(C)[C@H](Sc1cccc[n+]1[O-])C(=O)N1c2ccccc2C[C@H]1C. The van der Waals surface area contributed by atoms with E-state index in [1.165, 1.54) is 23.5 Å². The summed E-state index contributed by atoms with van der Waals surface area (Å²) in [4.78, 5) is 15.2. The summed E-state index contributed by atoms with van der Waals surface area (Å²) in [5.41, 5.74) is 2.22. The highest BCUT2D eigenvalue weighted by Crippen LogP contribution is 2.36. The first kappa shape index (κ1) is 16.8. The average molecular weight is 342 g/mol. The van der Waals surface area contributed by atoms with Crippen molar-refractivity contribution in [3.8, 4) is 0 Å². The highest BCUT2D eigenvalue weighted by Gasteiger charge is 2.37. The number of nitrogens with zero attached hydrogens (tertiary/aromatic N) is 2. The zero-order valence-corrected chi connectivity index (χ0v) is 15.0. The van der Waals surface area contributed by atoms with Crippen molar-refractivity contribution < 1.29 is 9.52 Å². The van der Waals surface area contributed by atoms with Crippen LogP contribution in [-0.2, 0) is 11.2 Å². The Balaban J connectivity index is 1.89. The van der Waals surface area contributed by atoms with Crippen molar-refractivity contribution in [3.63, 3.8) is 0 Å². The van der Waals surface area contributed by atoms with Gasteiger partial charge in [0.05, 0.1) is 5.25 Å². The Morgan fingerprint density at radius 3 is 2.67 bits per heavy atom. The second kappa shape index (κ2) is 6.85. The minimum atomic E-state index is -0.291. The normalized spacial score (nSPS) is 17.8. The number of para-hydroxylation sites is 1. The summed E-state index contributed by atoms with van der Waals surface area (Å²) in [6.45, 7) is 6.14. The van der Waals surface area contributed by atoms with Gasteiger partial charge in [0.25, 0.3) is 5.03 Å². The number of fused-ring (bicyclic) bond motifs is 1. The molecule has 2 atom stereocenters. The van der Waals surface area contributed by atoms with Crippen LogP contribution in [0.2, 0.25) is 0 Å². The smallest absolute Gasteiger partial charge is 0.252 e. The predicted molar refractivity (Wildman–Crippen MR) is 97.0 cm³/mol. The van der Waals surface area contributed by atoms with Crippen LogP contribution in [0.25, 0.3) is 0 Å². The highest BCUT2D eigenvalue weighted by atomic mass is 32.2. The van der Waals surface area contributed by atoms with E-state index in [9.17, 15) is 10.0 Å². The van der Waals surface area contributed by atoms with Crippen molar-refractivity contribution in [2.24, 2.45) is 5.92 Å². The van der Waals surface area contributed by atoms with Crippen LogP contribution in [-0.4, -0.2) is 17.2 Å². The van der Waals surface area contributed by atoms with Gasteiger partial charge in [-0.25, -0.2) is 0 Å². The number of carbonyl (C=O) groups excluding carboxylic acids is 1. The van der Waals surface area contributed by atoms with Crippen molar-refractivity contribution in [2.75, 3.05) is 4.90 Å². The number of carbonyl (C=O) groups is 1. The molecule has 0 fully saturated rings. The van der Waals surface area contributed by atoms with Crippen molar-refractivity contribution >= 4 is 23.4 Å². The van der Waals surface area contributed by atoms with E-state index in [4.69, 9.17) is 0 Å². The molecule has 0 radical (unpaired) electrons. The number of rotatable bonds is 4. The van der Waals surface area contributed by atoms with Gasteiger partial charge in [-0.15, -0.1) is 0 Å². The summed E-state index contributed by atoms with van der Waals surface area (Å²) in [6, 6.07) is 13.5. The molecule has 0 N–H and O–H groups in total. The number of hydrogen-bond donors (Lipinski definition) is 0. The van der Waals surface area contributed by atoms with Crippen molar-refractivity contribution in [1.82, 2.24) is 0 Å². The van der Waals surface area contributed by atoms with Crippen LogP contribution in [0.4, 0.5) is 5.69 Å². The maximum absolute atomic E-state index is 13.3. The molecule has 0 spiro atoms. The molecule has 1 aliphatic rings. The highest BCUT2D eigenvalue weighted by molar-refractivity contribution is 8.00. The number of pyridine rings is 1. The van der Waals surface area contributed by atoms with Crippen LogP contribution in [0.3, 0.4) is 0 Å². The number of benzene rings is 1. The third-order valence-corrected chi connectivity index (χ3v) is 5.89. The van der Waals surface area contributed by atoms with E-state index in [2.05, 4.69) is 13.0 Å². The molecule has 5 heteroatoms. The number of hydrogen-bond acceptors (Lipinski definition) is 3. The fraction of sp³-hybridized carbons (Fsp3) is 0.368. The van der Waals surface area contributed by atoms with Gasteiger partial charge in [0.15, 0.2) is 6.20 Å².